The molecule has 2 aliphatic carbocycles. The second kappa shape index (κ2) is 8.35. The lowest BCUT2D eigenvalue weighted by Crippen LogP contribution is -2.54. The fourth-order valence-electron chi connectivity index (χ4n) is 4.98. The molecular formula is C23H28F3N7O2S2. The number of hydrogen-bond acceptors (Lipinski definition) is 8. The van der Waals surface area contributed by atoms with Gasteiger partial charge in [0.2, 0.25) is 15.0 Å². The Kier molecular flexibility index (Phi) is 5.65. The molecule has 0 spiro atoms. The first-order chi connectivity index (χ1) is 17.3. The minimum Gasteiger partial charge on any atom is -0.365 e. The number of rotatable bonds is 6. The van der Waals surface area contributed by atoms with Crippen LogP contribution in [-0.2, 0) is 16.2 Å². The molecule has 0 radical (unpaired) electrons. The first kappa shape index (κ1) is 25.0. The molecule has 3 aliphatic rings. The van der Waals surface area contributed by atoms with Gasteiger partial charge >= 0.3 is 6.18 Å². The Morgan fingerprint density at radius 3 is 2.41 bits per heavy atom. The summed E-state index contributed by atoms with van der Waals surface area (Å²) >= 11 is 0.451. The largest absolute Gasteiger partial charge is 0.445 e. The van der Waals surface area contributed by atoms with Crippen LogP contribution in [0.15, 0.2) is 17.2 Å². The molecule has 9 nitrogen and oxygen atoms in total. The minimum atomic E-state index is -4.62. The zero-order chi connectivity index (χ0) is 26.3. The fourth-order valence-corrected chi connectivity index (χ4v) is 7.23. The van der Waals surface area contributed by atoms with Crippen molar-refractivity contribution in [3.05, 3.63) is 23.0 Å². The smallest absolute Gasteiger partial charge is 0.365 e. The van der Waals surface area contributed by atoms with Crippen molar-refractivity contribution in [3.8, 4) is 10.7 Å². The van der Waals surface area contributed by atoms with Crippen molar-refractivity contribution in [1.82, 2.24) is 29.6 Å². The Balaban J connectivity index is 1.58. The van der Waals surface area contributed by atoms with Crippen molar-refractivity contribution in [3.63, 3.8) is 0 Å². The number of nitrogens with one attached hydrogen (secondary N) is 2. The lowest BCUT2D eigenvalue weighted by molar-refractivity contribution is -0.138. The molecule has 37 heavy (non-hydrogen) atoms. The van der Waals surface area contributed by atoms with Crippen molar-refractivity contribution < 1.29 is 21.6 Å². The number of anilines is 1. The second-order valence-electron chi connectivity index (χ2n) is 10.8. The van der Waals surface area contributed by atoms with Gasteiger partial charge in [-0.05, 0) is 52.5 Å². The van der Waals surface area contributed by atoms with Gasteiger partial charge in [0.15, 0.2) is 10.7 Å². The molecule has 2 N–H and O–H groups in total. The van der Waals surface area contributed by atoms with Crippen molar-refractivity contribution in [2.75, 3.05) is 18.0 Å². The molecule has 0 bridgehead atoms. The first-order valence-corrected chi connectivity index (χ1v) is 14.6. The van der Waals surface area contributed by atoms with E-state index < -0.39 is 26.7 Å². The molecule has 3 aromatic rings. The molecule has 1 aliphatic heterocycles. The normalized spacial score (nSPS) is 24.1. The molecule has 3 aromatic heterocycles. The summed E-state index contributed by atoms with van der Waals surface area (Å²) in [6, 6.07) is 1.95. The maximum Gasteiger partial charge on any atom is 0.445 e. The van der Waals surface area contributed by atoms with Crippen LogP contribution in [0.1, 0.15) is 63.1 Å². The summed E-state index contributed by atoms with van der Waals surface area (Å²) in [6.07, 6.45) is 0.0772. The maximum absolute atomic E-state index is 13.5. The lowest BCUT2D eigenvalue weighted by Gasteiger charge is -2.37. The predicted molar refractivity (Wildman–Crippen MR) is 133 cm³/mol. The zero-order valence-electron chi connectivity index (χ0n) is 20.6. The van der Waals surface area contributed by atoms with E-state index in [-0.39, 0.29) is 27.9 Å². The Morgan fingerprint density at radius 2 is 1.84 bits per heavy atom. The summed E-state index contributed by atoms with van der Waals surface area (Å²) in [5.41, 5.74) is 1.69. The summed E-state index contributed by atoms with van der Waals surface area (Å²) < 4.78 is 71.5. The van der Waals surface area contributed by atoms with E-state index in [0.29, 0.717) is 47.1 Å². The van der Waals surface area contributed by atoms with Crippen LogP contribution >= 0.6 is 11.3 Å². The summed E-state index contributed by atoms with van der Waals surface area (Å²) in [5, 5.41) is 9.76. The van der Waals surface area contributed by atoms with Crippen LogP contribution in [-0.4, -0.2) is 58.7 Å². The van der Waals surface area contributed by atoms with Gasteiger partial charge in [-0.2, -0.15) is 13.2 Å². The molecule has 0 aromatic carbocycles. The van der Waals surface area contributed by atoms with Crippen molar-refractivity contribution in [2.24, 2.45) is 0 Å². The predicted octanol–water partition coefficient (Wildman–Crippen LogP) is 3.77. The van der Waals surface area contributed by atoms with E-state index in [4.69, 9.17) is 4.98 Å². The van der Waals surface area contributed by atoms with Crippen molar-refractivity contribution in [2.45, 2.75) is 81.1 Å². The van der Waals surface area contributed by atoms with E-state index in [1.807, 2.05) is 6.92 Å². The Bertz CT molecular complexity index is 1470. The van der Waals surface area contributed by atoms with E-state index >= 15 is 0 Å². The molecule has 2 saturated carbocycles. The highest BCUT2D eigenvalue weighted by Gasteiger charge is 2.42. The van der Waals surface area contributed by atoms with E-state index in [1.165, 1.54) is 6.20 Å². The van der Waals surface area contributed by atoms with Crippen LogP contribution < -0.4 is 14.9 Å². The molecule has 4 heterocycles. The number of alkyl halides is 3. The number of aromatic nitrogens is 4. The van der Waals surface area contributed by atoms with Crippen molar-refractivity contribution >= 4 is 32.7 Å². The standard InChI is InChI=1S/C23H28F3N7O2S2/c1-12-9-32(10-13(2)27-12)16-8-15(37(34,35)31-22(3)6-7-22)11-33-18(17(14-4-5-14)28-19(16)33)20-29-30-21(36-20)23(24,25)26/h8,11-14,27,31H,4-7,9-10H2,1-3H3/t12-,13-/m0/s1. The highest BCUT2D eigenvalue weighted by atomic mass is 32.2. The van der Waals surface area contributed by atoms with E-state index in [9.17, 15) is 21.6 Å². The minimum absolute atomic E-state index is 0.0449. The van der Waals surface area contributed by atoms with Gasteiger partial charge in [-0.3, -0.25) is 4.40 Å². The molecule has 2 atom stereocenters. The van der Waals surface area contributed by atoms with Gasteiger partial charge in [0, 0.05) is 42.8 Å². The number of hydrogen-bond donors (Lipinski definition) is 2. The highest BCUT2D eigenvalue weighted by Crippen LogP contribution is 2.47. The molecule has 3 fully saturated rings. The van der Waals surface area contributed by atoms with E-state index in [0.717, 1.165) is 25.7 Å². The highest BCUT2D eigenvalue weighted by molar-refractivity contribution is 7.89. The number of sulfonamides is 1. The summed E-state index contributed by atoms with van der Waals surface area (Å²) in [6.45, 7) is 7.24. The van der Waals surface area contributed by atoms with Crippen LogP contribution in [0.5, 0.6) is 0 Å². The monoisotopic (exact) mass is 555 g/mol. The Labute approximate surface area is 216 Å². The van der Waals surface area contributed by atoms with Crippen LogP contribution in [0.4, 0.5) is 18.9 Å². The fraction of sp³-hybridized carbons (Fsp3) is 0.609. The summed E-state index contributed by atoms with van der Waals surface area (Å²) in [7, 11) is -3.90. The molecule has 14 heteroatoms. The maximum atomic E-state index is 13.5. The molecule has 0 amide bonds. The number of pyridine rings is 1. The van der Waals surface area contributed by atoms with Gasteiger partial charge in [-0.25, -0.2) is 18.1 Å². The lowest BCUT2D eigenvalue weighted by atomic mass is 10.1. The topological polar surface area (TPSA) is 105 Å². The van der Waals surface area contributed by atoms with Crippen LogP contribution in [0.2, 0.25) is 0 Å². The SMILES string of the molecule is C[C@H]1CN(c2cc(S(=O)(=O)NC3(C)CC3)cn3c(-c4nnc(C(F)(F)F)s4)c(C4CC4)nc23)C[C@H](C)N1. The second-order valence-corrected chi connectivity index (χ2v) is 13.5. The van der Waals surface area contributed by atoms with Crippen LogP contribution in [0, 0.1) is 0 Å². The number of imidazole rings is 1. The number of nitrogens with zero attached hydrogens (tertiary/aromatic N) is 5. The van der Waals surface area contributed by atoms with Gasteiger partial charge in [-0.15, -0.1) is 10.2 Å². The van der Waals surface area contributed by atoms with E-state index in [1.54, 1.807) is 10.5 Å². The third-order valence-electron chi connectivity index (χ3n) is 7.13. The van der Waals surface area contributed by atoms with Gasteiger partial charge in [0.25, 0.3) is 0 Å². The third-order valence-corrected chi connectivity index (χ3v) is 9.71. The average Bonchev–Trinajstić information content (AvgIpc) is 3.66. The quantitative estimate of drug-likeness (QED) is 0.477. The van der Waals surface area contributed by atoms with Gasteiger partial charge in [0.1, 0.15) is 10.6 Å². The van der Waals surface area contributed by atoms with Gasteiger partial charge in [-0.1, -0.05) is 11.3 Å². The molecular weight excluding hydrogens is 527 g/mol. The molecule has 0 unspecified atom stereocenters. The van der Waals surface area contributed by atoms with Gasteiger partial charge < -0.3 is 10.2 Å². The third kappa shape index (κ3) is 4.72. The molecule has 200 valence electrons. The number of halogens is 3. The van der Waals surface area contributed by atoms with Crippen LogP contribution in [0.3, 0.4) is 0 Å². The summed E-state index contributed by atoms with van der Waals surface area (Å²) in [4.78, 5) is 7.05. The number of piperazine rings is 1. The first-order valence-electron chi connectivity index (χ1n) is 12.3. The molecule has 6 rings (SSSR count). The molecule has 1 saturated heterocycles. The Hall–Kier alpha value is -2.29. The van der Waals surface area contributed by atoms with Gasteiger partial charge in [0.05, 0.1) is 11.4 Å². The van der Waals surface area contributed by atoms with Crippen LogP contribution in [0.25, 0.3) is 16.3 Å². The summed E-state index contributed by atoms with van der Waals surface area (Å²) in [5.74, 6) is 0.0883. The average molecular weight is 556 g/mol. The Morgan fingerprint density at radius 1 is 1.16 bits per heavy atom. The number of fused-ring (bicyclic) bond motifs is 1. The van der Waals surface area contributed by atoms with Crippen molar-refractivity contribution in [1.29, 1.82) is 0 Å². The van der Waals surface area contributed by atoms with E-state index in [2.05, 4.69) is 39.0 Å². The zero-order valence-corrected chi connectivity index (χ0v) is 22.3.